The van der Waals surface area contributed by atoms with E-state index in [1.54, 1.807) is 0 Å². The summed E-state index contributed by atoms with van der Waals surface area (Å²) in [6, 6.07) is 0. The molecule has 0 aromatic carbocycles. The summed E-state index contributed by atoms with van der Waals surface area (Å²) in [5.41, 5.74) is 0. The number of rotatable bonds is 30. The number of unbranched alkanes of at least 4 members (excludes halogenated alkanes) is 14. The Bertz CT molecular complexity index is 681. The van der Waals surface area contributed by atoms with Crippen molar-refractivity contribution in [3.8, 4) is 0 Å². The minimum Gasteiger partial charge on any atom is -0.756 e. The number of phosphoric ester groups is 1. The summed E-state index contributed by atoms with van der Waals surface area (Å²) in [6.07, 6.45) is 23.6. The lowest BCUT2D eigenvalue weighted by atomic mass is 10.1. The average molecular weight is 606 g/mol. The maximum absolute atomic E-state index is 12.5. The van der Waals surface area contributed by atoms with Crippen molar-refractivity contribution >= 4 is 13.8 Å². The first-order chi connectivity index (χ1) is 19.6. The molecule has 0 aromatic heterocycles. The van der Waals surface area contributed by atoms with Crippen LogP contribution in [0.2, 0.25) is 0 Å². The van der Waals surface area contributed by atoms with Gasteiger partial charge in [0.05, 0.1) is 34.4 Å². The van der Waals surface area contributed by atoms with Crippen molar-refractivity contribution in [2.45, 2.75) is 136 Å². The van der Waals surface area contributed by atoms with E-state index in [2.05, 4.69) is 26.0 Å². The van der Waals surface area contributed by atoms with Crippen LogP contribution >= 0.6 is 7.82 Å². The maximum Gasteiger partial charge on any atom is 0.306 e. The molecule has 9 heteroatoms. The molecule has 41 heavy (non-hydrogen) atoms. The summed E-state index contributed by atoms with van der Waals surface area (Å²) in [7, 11) is 1.35. The van der Waals surface area contributed by atoms with Gasteiger partial charge in [-0.25, -0.2) is 0 Å². The van der Waals surface area contributed by atoms with E-state index in [4.69, 9.17) is 18.5 Å². The highest BCUT2D eigenvalue weighted by Crippen LogP contribution is 2.38. The van der Waals surface area contributed by atoms with Gasteiger partial charge >= 0.3 is 5.97 Å². The largest absolute Gasteiger partial charge is 0.756 e. The Labute approximate surface area is 252 Å². The number of quaternary nitrogens is 1. The van der Waals surface area contributed by atoms with E-state index in [0.29, 0.717) is 24.1 Å². The lowest BCUT2D eigenvalue weighted by molar-refractivity contribution is -0.870. The van der Waals surface area contributed by atoms with Crippen LogP contribution in [0.1, 0.15) is 129 Å². The molecule has 0 N–H and O–H groups in total. The minimum atomic E-state index is -4.50. The first kappa shape index (κ1) is 40.2. The summed E-state index contributed by atoms with van der Waals surface area (Å²) >= 11 is 0. The van der Waals surface area contributed by atoms with Gasteiger partial charge in [-0.05, 0) is 32.1 Å². The molecule has 0 bridgehead atoms. The maximum atomic E-state index is 12.5. The zero-order chi connectivity index (χ0) is 30.7. The van der Waals surface area contributed by atoms with Gasteiger partial charge in [0.2, 0.25) is 0 Å². The Morgan fingerprint density at radius 3 is 1.93 bits per heavy atom. The van der Waals surface area contributed by atoms with Crippen LogP contribution < -0.4 is 4.89 Å². The molecule has 244 valence electrons. The number of hydrogen-bond acceptors (Lipinski definition) is 7. The minimum absolute atomic E-state index is 0.0266. The summed E-state index contributed by atoms with van der Waals surface area (Å²) in [4.78, 5) is 24.7. The van der Waals surface area contributed by atoms with Crippen molar-refractivity contribution in [3.05, 3.63) is 12.2 Å². The second-order valence-corrected chi connectivity index (χ2v) is 13.6. The van der Waals surface area contributed by atoms with Crippen molar-refractivity contribution in [1.82, 2.24) is 0 Å². The highest BCUT2D eigenvalue weighted by Gasteiger charge is 2.20. The van der Waals surface area contributed by atoms with Gasteiger partial charge in [0.25, 0.3) is 7.82 Å². The third kappa shape index (κ3) is 30.5. The highest BCUT2D eigenvalue weighted by molar-refractivity contribution is 7.45. The fourth-order valence-electron chi connectivity index (χ4n) is 4.17. The number of nitrogens with zero attached hydrogens (tertiary/aromatic N) is 1. The average Bonchev–Trinajstić information content (AvgIpc) is 2.90. The van der Waals surface area contributed by atoms with Gasteiger partial charge in [-0.15, -0.1) is 0 Å². The van der Waals surface area contributed by atoms with Crippen LogP contribution in [0.15, 0.2) is 12.2 Å². The number of esters is 1. The van der Waals surface area contributed by atoms with Gasteiger partial charge in [0, 0.05) is 13.0 Å². The number of allylic oxidation sites excluding steroid dienone is 2. The summed E-state index contributed by atoms with van der Waals surface area (Å²) in [5, 5.41) is 0. The number of phosphoric acid groups is 1. The molecule has 8 nitrogen and oxygen atoms in total. The first-order valence-corrected chi connectivity index (χ1v) is 17.9. The third-order valence-corrected chi connectivity index (χ3v) is 7.78. The summed E-state index contributed by atoms with van der Waals surface area (Å²) in [5.74, 6) is -0.347. The number of carbonyl (C=O) groups is 1. The molecular formula is C32H64NO7P. The van der Waals surface area contributed by atoms with Crippen LogP contribution in [-0.2, 0) is 27.9 Å². The summed E-state index contributed by atoms with van der Waals surface area (Å²) in [6.45, 7) is 5.32. The van der Waals surface area contributed by atoms with Gasteiger partial charge < -0.3 is 27.9 Å². The quantitative estimate of drug-likeness (QED) is 0.0272. The fourth-order valence-corrected chi connectivity index (χ4v) is 4.90. The smallest absolute Gasteiger partial charge is 0.306 e. The van der Waals surface area contributed by atoms with Crippen LogP contribution in [-0.4, -0.2) is 70.7 Å². The summed E-state index contributed by atoms with van der Waals surface area (Å²) < 4.78 is 34.2. The molecule has 0 amide bonds. The van der Waals surface area contributed by atoms with Crippen LogP contribution in [0.4, 0.5) is 0 Å². The fraction of sp³-hybridized carbons (Fsp3) is 0.906. The molecule has 0 aromatic rings. The molecule has 0 aliphatic rings. The van der Waals surface area contributed by atoms with Gasteiger partial charge in [-0.3, -0.25) is 9.36 Å². The molecular weight excluding hydrogens is 541 g/mol. The van der Waals surface area contributed by atoms with Crippen molar-refractivity contribution in [2.75, 3.05) is 54.1 Å². The zero-order valence-corrected chi connectivity index (χ0v) is 28.1. The molecule has 0 fully saturated rings. The lowest BCUT2D eigenvalue weighted by Crippen LogP contribution is -2.37. The number of carbonyl (C=O) groups excluding carboxylic acids is 1. The Morgan fingerprint density at radius 1 is 0.732 bits per heavy atom. The predicted octanol–water partition coefficient (Wildman–Crippen LogP) is 7.74. The van der Waals surface area contributed by atoms with Gasteiger partial charge in [-0.2, -0.15) is 0 Å². The zero-order valence-electron chi connectivity index (χ0n) is 27.2. The van der Waals surface area contributed by atoms with E-state index in [9.17, 15) is 14.3 Å². The van der Waals surface area contributed by atoms with Crippen LogP contribution in [0.25, 0.3) is 0 Å². The number of likely N-dealkylation sites (N-methyl/N-ethyl adjacent to an activating group) is 1. The van der Waals surface area contributed by atoms with Crippen LogP contribution in [0, 0.1) is 0 Å². The van der Waals surface area contributed by atoms with Gasteiger partial charge in [0.1, 0.15) is 19.3 Å². The molecule has 0 aliphatic heterocycles. The molecule has 0 saturated carbocycles. The normalized spacial score (nSPS) is 14.4. The lowest BCUT2D eigenvalue weighted by Gasteiger charge is -2.28. The van der Waals surface area contributed by atoms with E-state index in [-0.39, 0.29) is 25.8 Å². The topological polar surface area (TPSA) is 94.1 Å². The van der Waals surface area contributed by atoms with E-state index in [1.807, 2.05) is 21.1 Å². The van der Waals surface area contributed by atoms with Crippen LogP contribution in [0.5, 0.6) is 0 Å². The number of hydrogen-bond donors (Lipinski definition) is 0. The molecule has 0 heterocycles. The van der Waals surface area contributed by atoms with E-state index < -0.39 is 13.9 Å². The Morgan fingerprint density at radius 2 is 1.29 bits per heavy atom. The predicted molar refractivity (Wildman–Crippen MR) is 167 cm³/mol. The van der Waals surface area contributed by atoms with E-state index in [0.717, 1.165) is 44.9 Å². The van der Waals surface area contributed by atoms with Crippen LogP contribution in [0.3, 0.4) is 0 Å². The number of ether oxygens (including phenoxy) is 2. The Hall–Kier alpha value is -0.760. The second kappa shape index (κ2) is 26.8. The van der Waals surface area contributed by atoms with Crippen molar-refractivity contribution in [2.24, 2.45) is 0 Å². The second-order valence-electron chi connectivity index (χ2n) is 12.2. The van der Waals surface area contributed by atoms with Crippen molar-refractivity contribution in [1.29, 1.82) is 0 Å². The molecule has 0 rings (SSSR count). The highest BCUT2D eigenvalue weighted by atomic mass is 31.2. The standard InChI is InChI=1S/C32H64NO7P/c1-6-8-10-12-14-16-17-18-19-21-23-25-32(34)40-31(29-37-27-24-22-20-15-13-11-9-7-2)30-39-41(35,36)38-28-26-33(3,4)5/h12,14,31H,6-11,13,15-30H2,1-5H3/b14-12-. The SMILES string of the molecule is CCCC/C=C\CCCCCCCC(=O)OC(COCCCCCCCCCC)COP(=O)([O-])OCC[N+](C)(C)C. The van der Waals surface area contributed by atoms with Gasteiger partial charge in [-0.1, -0.05) is 103 Å². The Balaban J connectivity index is 4.38. The molecule has 2 atom stereocenters. The monoisotopic (exact) mass is 605 g/mol. The van der Waals surface area contributed by atoms with Gasteiger partial charge in [0.15, 0.2) is 0 Å². The third-order valence-electron chi connectivity index (χ3n) is 6.82. The molecule has 0 spiro atoms. The van der Waals surface area contributed by atoms with E-state index in [1.165, 1.54) is 64.2 Å². The Kier molecular flexibility index (Phi) is 26.3. The van der Waals surface area contributed by atoms with Crippen molar-refractivity contribution < 1.29 is 37.3 Å². The first-order valence-electron chi connectivity index (χ1n) is 16.4. The molecule has 0 radical (unpaired) electrons. The molecule has 2 unspecified atom stereocenters. The van der Waals surface area contributed by atoms with E-state index >= 15 is 0 Å². The molecule has 0 aliphatic carbocycles. The van der Waals surface area contributed by atoms with Crippen molar-refractivity contribution in [3.63, 3.8) is 0 Å². The molecule has 0 saturated heterocycles.